The zero-order chi connectivity index (χ0) is 9.07. The van der Waals surface area contributed by atoms with Gasteiger partial charge in [-0.2, -0.15) is 0 Å². The zero-order valence-corrected chi connectivity index (χ0v) is 7.42. The van der Waals surface area contributed by atoms with Gasteiger partial charge in [0.15, 0.2) is 0 Å². The van der Waals surface area contributed by atoms with Crippen molar-refractivity contribution in [2.75, 3.05) is 7.11 Å². The highest BCUT2D eigenvalue weighted by Crippen LogP contribution is 2.26. The monoisotopic (exact) mass is 181 g/mol. The minimum atomic E-state index is -2.78. The second kappa shape index (κ2) is 3.76. The predicted molar refractivity (Wildman–Crippen MR) is 37.0 cm³/mol. The van der Waals surface area contributed by atoms with Crippen molar-refractivity contribution in [2.24, 2.45) is 0 Å². The third kappa shape index (κ3) is 3.41. The molecule has 1 N–H and O–H groups in total. The van der Waals surface area contributed by atoms with Crippen molar-refractivity contribution in [3.8, 4) is 0 Å². The number of esters is 1. The van der Waals surface area contributed by atoms with Crippen LogP contribution in [0.4, 0.5) is 0 Å². The number of hydrogen-bond donors (Lipinski definition) is 1. The van der Waals surface area contributed by atoms with Crippen LogP contribution in [0.5, 0.6) is 0 Å². The van der Waals surface area contributed by atoms with Crippen molar-refractivity contribution in [1.29, 1.82) is 0 Å². The highest BCUT2D eigenvalue weighted by atomic mass is 31.1. The van der Waals surface area contributed by atoms with Gasteiger partial charge in [-0.15, -0.1) is 9.42 Å². The number of carbonyl (C=O) groups excluding carboxylic acids is 1. The topological polar surface area (TPSA) is 72.8 Å². The van der Waals surface area contributed by atoms with E-state index in [9.17, 15) is 9.36 Å². The molecule has 0 bridgehead atoms. The van der Waals surface area contributed by atoms with Crippen LogP contribution in [0.15, 0.2) is 0 Å². The average Bonchev–Trinajstić information content (AvgIpc) is 1.83. The largest absolute Gasteiger partial charge is 0.695 e. The van der Waals surface area contributed by atoms with Gasteiger partial charge in [0.05, 0.1) is 7.11 Å². The molecule has 0 radical (unpaired) electrons. The lowest BCUT2D eigenvalue weighted by Gasteiger charge is -2.12. The van der Waals surface area contributed by atoms with E-state index in [0.717, 1.165) is 0 Å². The Morgan fingerprint density at radius 1 is 1.55 bits per heavy atom. The minimum Gasteiger partial charge on any atom is -0.467 e. The van der Waals surface area contributed by atoms with E-state index in [0.29, 0.717) is 0 Å². The van der Waals surface area contributed by atoms with Crippen LogP contribution in [-0.4, -0.2) is 23.6 Å². The van der Waals surface area contributed by atoms with Gasteiger partial charge in [0, 0.05) is 4.57 Å². The van der Waals surface area contributed by atoms with Gasteiger partial charge in [-0.3, -0.25) is 0 Å². The van der Waals surface area contributed by atoms with Crippen LogP contribution in [0, 0.1) is 0 Å². The van der Waals surface area contributed by atoms with Crippen LogP contribution < -0.4 is 0 Å². The highest BCUT2D eigenvalue weighted by Gasteiger charge is 2.39. The molecule has 64 valence electrons. The molecule has 1 atom stereocenters. The lowest BCUT2D eigenvalue weighted by molar-refractivity contribution is -0.156. The molecule has 11 heavy (non-hydrogen) atoms. The van der Waals surface area contributed by atoms with E-state index in [2.05, 4.69) is 9.26 Å². The summed E-state index contributed by atoms with van der Waals surface area (Å²) >= 11 is 0. The molecule has 6 heteroatoms. The van der Waals surface area contributed by atoms with Gasteiger partial charge >= 0.3 is 14.2 Å². The van der Waals surface area contributed by atoms with Crippen molar-refractivity contribution in [3.05, 3.63) is 0 Å². The first kappa shape index (κ1) is 10.5. The molecule has 0 saturated heterocycles. The zero-order valence-electron chi connectivity index (χ0n) is 6.53. The molecule has 0 aliphatic rings. The summed E-state index contributed by atoms with van der Waals surface area (Å²) in [7, 11) is -1.60. The quantitative estimate of drug-likeness (QED) is 0.509. The van der Waals surface area contributed by atoms with Gasteiger partial charge in [0.1, 0.15) is 0 Å². The van der Waals surface area contributed by atoms with E-state index in [1.807, 2.05) is 0 Å². The first-order valence-corrected chi connectivity index (χ1v) is 3.97. The molecular formula is C5H10O5P+. The Balaban J connectivity index is 4.21. The van der Waals surface area contributed by atoms with Crippen molar-refractivity contribution < 1.29 is 23.5 Å². The average molecular weight is 181 g/mol. The summed E-state index contributed by atoms with van der Waals surface area (Å²) in [4.78, 5) is 19.1. The molecular weight excluding hydrogens is 171 g/mol. The van der Waals surface area contributed by atoms with E-state index in [1.54, 1.807) is 0 Å². The molecule has 0 aromatic heterocycles. The van der Waals surface area contributed by atoms with Crippen LogP contribution in [0.2, 0.25) is 0 Å². The summed E-state index contributed by atoms with van der Waals surface area (Å²) in [5.41, 5.74) is -1.36. The Bertz CT molecular complexity index is 176. The summed E-state index contributed by atoms with van der Waals surface area (Å²) in [6.45, 7) is 2.70. The fraction of sp³-hybridized carbons (Fsp3) is 0.800. The number of hydrogen-bond acceptors (Lipinski definition) is 4. The first-order valence-electron chi connectivity index (χ1n) is 2.84. The smallest absolute Gasteiger partial charge is 0.467 e. The van der Waals surface area contributed by atoms with Gasteiger partial charge in [-0.1, -0.05) is 0 Å². The number of methoxy groups -OCH3 is 1. The summed E-state index contributed by atoms with van der Waals surface area (Å²) < 4.78 is 18.8. The molecule has 1 unspecified atom stereocenters. The molecule has 0 aromatic rings. The van der Waals surface area contributed by atoms with Crippen LogP contribution in [0.1, 0.15) is 13.8 Å². The Kier molecular flexibility index (Phi) is 3.58. The van der Waals surface area contributed by atoms with Crippen LogP contribution in [0.25, 0.3) is 0 Å². The number of rotatable bonds is 3. The minimum absolute atomic E-state index is 0.685. The Labute approximate surface area is 65.3 Å². The summed E-state index contributed by atoms with van der Waals surface area (Å²) in [5, 5.41) is 0. The maximum absolute atomic E-state index is 10.8. The number of ether oxygens (including phenoxy) is 1. The van der Waals surface area contributed by atoms with Crippen LogP contribution in [-0.2, 0) is 18.6 Å². The lowest BCUT2D eigenvalue weighted by Crippen LogP contribution is -2.33. The molecule has 5 nitrogen and oxygen atoms in total. The maximum Gasteiger partial charge on any atom is 0.695 e. The van der Waals surface area contributed by atoms with Crippen molar-refractivity contribution in [2.45, 2.75) is 19.4 Å². The van der Waals surface area contributed by atoms with Gasteiger partial charge in [0.2, 0.25) is 5.60 Å². The van der Waals surface area contributed by atoms with E-state index < -0.39 is 19.8 Å². The standard InChI is InChI=1S/C5H9O5P/c1-5(2,4(6)9-3)10-11(7)8/h1-3H3/p+1. The van der Waals surface area contributed by atoms with Crippen LogP contribution >= 0.6 is 8.25 Å². The SMILES string of the molecule is COC(=O)C(C)(C)O[P+](=O)O. The first-order chi connectivity index (χ1) is 4.90. The molecule has 0 heterocycles. The summed E-state index contributed by atoms with van der Waals surface area (Å²) in [6.07, 6.45) is 0. The van der Waals surface area contributed by atoms with Gasteiger partial charge in [-0.05, 0) is 13.8 Å². The third-order valence-electron chi connectivity index (χ3n) is 0.983. The van der Waals surface area contributed by atoms with Crippen molar-refractivity contribution >= 4 is 14.2 Å². The summed E-state index contributed by atoms with van der Waals surface area (Å²) in [6, 6.07) is 0. The fourth-order valence-electron chi connectivity index (χ4n) is 0.478. The maximum atomic E-state index is 10.8. The molecule has 0 spiro atoms. The molecule has 0 aliphatic carbocycles. The van der Waals surface area contributed by atoms with E-state index in [-0.39, 0.29) is 0 Å². The highest BCUT2D eigenvalue weighted by molar-refractivity contribution is 7.32. The predicted octanol–water partition coefficient (Wildman–Crippen LogP) is 0.604. The third-order valence-corrected chi connectivity index (χ3v) is 1.60. The van der Waals surface area contributed by atoms with Crippen molar-refractivity contribution in [3.63, 3.8) is 0 Å². The van der Waals surface area contributed by atoms with Gasteiger partial charge in [-0.25, -0.2) is 4.79 Å². The van der Waals surface area contributed by atoms with Gasteiger partial charge < -0.3 is 4.74 Å². The normalized spacial score (nSPS) is 12.5. The second-order valence-corrected chi connectivity index (χ2v) is 2.99. The number of carbonyl (C=O) groups is 1. The van der Waals surface area contributed by atoms with Crippen LogP contribution in [0.3, 0.4) is 0 Å². The Morgan fingerprint density at radius 2 is 2.00 bits per heavy atom. The summed E-state index contributed by atoms with van der Waals surface area (Å²) in [5.74, 6) is -0.685. The molecule has 0 saturated carbocycles. The Morgan fingerprint density at radius 3 is 2.27 bits per heavy atom. The lowest BCUT2D eigenvalue weighted by atomic mass is 10.1. The molecule has 0 aliphatic heterocycles. The van der Waals surface area contributed by atoms with Crippen molar-refractivity contribution in [1.82, 2.24) is 0 Å². The van der Waals surface area contributed by atoms with E-state index in [1.165, 1.54) is 21.0 Å². The molecule has 0 fully saturated rings. The fourth-order valence-corrected chi connectivity index (χ4v) is 0.943. The van der Waals surface area contributed by atoms with Gasteiger partial charge in [0.25, 0.3) is 0 Å². The van der Waals surface area contributed by atoms with E-state index >= 15 is 0 Å². The Hall–Kier alpha value is -0.510. The molecule has 0 rings (SSSR count). The molecule has 0 amide bonds. The van der Waals surface area contributed by atoms with E-state index in [4.69, 9.17) is 4.89 Å². The second-order valence-electron chi connectivity index (χ2n) is 2.33. The molecule has 0 aromatic carbocycles.